The second-order valence-corrected chi connectivity index (χ2v) is 6.95. The molecule has 1 rings (SSSR count). The molecule has 1 amide bonds. The Balaban J connectivity index is 2.64. The standard InChI is InChI=1S/C16H33N3O2/c1-16(2)8-6-9-17-14(16)15(20)19(12-13-21-5)11-7-10-18(3)4/h14,17H,6-13H2,1-5H3. The van der Waals surface area contributed by atoms with Crippen LogP contribution in [0.15, 0.2) is 0 Å². The molecule has 1 N–H and O–H groups in total. The van der Waals surface area contributed by atoms with Gasteiger partial charge in [0.05, 0.1) is 12.6 Å². The maximum atomic E-state index is 12.9. The van der Waals surface area contributed by atoms with Crippen LogP contribution in [-0.4, -0.2) is 75.7 Å². The fraction of sp³-hybridized carbons (Fsp3) is 0.938. The maximum Gasteiger partial charge on any atom is 0.240 e. The highest BCUT2D eigenvalue weighted by atomic mass is 16.5. The zero-order valence-electron chi connectivity index (χ0n) is 14.4. The van der Waals surface area contributed by atoms with Gasteiger partial charge in [0.25, 0.3) is 0 Å². The molecule has 21 heavy (non-hydrogen) atoms. The van der Waals surface area contributed by atoms with E-state index in [1.54, 1.807) is 7.11 Å². The molecule has 1 saturated heterocycles. The van der Waals surface area contributed by atoms with Gasteiger partial charge >= 0.3 is 0 Å². The average molecular weight is 299 g/mol. The predicted molar refractivity (Wildman–Crippen MR) is 86.4 cm³/mol. The Hall–Kier alpha value is -0.650. The highest BCUT2D eigenvalue weighted by Gasteiger charge is 2.38. The minimum absolute atomic E-state index is 0.0300. The number of rotatable bonds is 8. The number of hydrogen-bond donors (Lipinski definition) is 1. The third kappa shape index (κ3) is 5.93. The summed E-state index contributed by atoms with van der Waals surface area (Å²) in [6.45, 7) is 8.40. The topological polar surface area (TPSA) is 44.8 Å². The summed E-state index contributed by atoms with van der Waals surface area (Å²) < 4.78 is 5.16. The molecule has 0 radical (unpaired) electrons. The number of amides is 1. The lowest BCUT2D eigenvalue weighted by atomic mass is 9.77. The van der Waals surface area contributed by atoms with E-state index in [1.165, 1.54) is 0 Å². The van der Waals surface area contributed by atoms with Crippen LogP contribution < -0.4 is 5.32 Å². The molecule has 0 spiro atoms. The number of nitrogens with zero attached hydrogens (tertiary/aromatic N) is 2. The summed E-state index contributed by atoms with van der Waals surface area (Å²) in [5.74, 6) is 0.232. The monoisotopic (exact) mass is 299 g/mol. The third-order valence-corrected chi connectivity index (χ3v) is 4.29. The summed E-state index contributed by atoms with van der Waals surface area (Å²) >= 11 is 0. The SMILES string of the molecule is COCCN(CCCN(C)C)C(=O)C1NCCCC1(C)C. The van der Waals surface area contributed by atoms with Crippen molar-refractivity contribution in [3.05, 3.63) is 0 Å². The first kappa shape index (κ1) is 18.4. The van der Waals surface area contributed by atoms with E-state index in [4.69, 9.17) is 4.74 Å². The van der Waals surface area contributed by atoms with Crippen molar-refractivity contribution in [2.75, 3.05) is 54.0 Å². The Bertz CT molecular complexity index is 319. The van der Waals surface area contributed by atoms with Crippen molar-refractivity contribution in [3.8, 4) is 0 Å². The van der Waals surface area contributed by atoms with Crippen LogP contribution in [0.4, 0.5) is 0 Å². The lowest BCUT2D eigenvalue weighted by molar-refractivity contribution is -0.138. The molecule has 1 atom stereocenters. The maximum absolute atomic E-state index is 12.9. The van der Waals surface area contributed by atoms with Gasteiger partial charge in [0.2, 0.25) is 5.91 Å². The molecule has 5 heteroatoms. The Labute approximate surface area is 130 Å². The Kier molecular flexibility index (Phi) is 7.63. The zero-order valence-corrected chi connectivity index (χ0v) is 14.4. The Morgan fingerprint density at radius 1 is 1.29 bits per heavy atom. The molecule has 0 aromatic carbocycles. The van der Waals surface area contributed by atoms with E-state index >= 15 is 0 Å². The quantitative estimate of drug-likeness (QED) is 0.731. The van der Waals surface area contributed by atoms with Gasteiger partial charge in [-0.1, -0.05) is 13.8 Å². The van der Waals surface area contributed by atoms with E-state index in [2.05, 4.69) is 38.2 Å². The second-order valence-electron chi connectivity index (χ2n) is 6.95. The van der Waals surface area contributed by atoms with Crippen LogP contribution >= 0.6 is 0 Å². The normalized spacial score (nSPS) is 21.5. The zero-order chi connectivity index (χ0) is 15.9. The van der Waals surface area contributed by atoms with Gasteiger partial charge in [0, 0.05) is 20.2 Å². The molecule has 0 aliphatic carbocycles. The highest BCUT2D eigenvalue weighted by Crippen LogP contribution is 2.31. The lowest BCUT2D eigenvalue weighted by Gasteiger charge is -2.41. The Morgan fingerprint density at radius 2 is 2.00 bits per heavy atom. The van der Waals surface area contributed by atoms with Gasteiger partial charge in [0.15, 0.2) is 0 Å². The summed E-state index contributed by atoms with van der Waals surface area (Å²) in [7, 11) is 5.81. The molecule has 0 bridgehead atoms. The van der Waals surface area contributed by atoms with Crippen LogP contribution in [0, 0.1) is 5.41 Å². The van der Waals surface area contributed by atoms with Crippen molar-refractivity contribution in [2.45, 2.75) is 39.2 Å². The largest absolute Gasteiger partial charge is 0.383 e. The summed E-state index contributed by atoms with van der Waals surface area (Å²) in [5.41, 5.74) is 0.0300. The van der Waals surface area contributed by atoms with Gasteiger partial charge in [-0.25, -0.2) is 0 Å². The average Bonchev–Trinajstić information content (AvgIpc) is 2.41. The molecule has 0 saturated carbocycles. The molecular weight excluding hydrogens is 266 g/mol. The van der Waals surface area contributed by atoms with Crippen molar-refractivity contribution in [2.24, 2.45) is 5.41 Å². The second kappa shape index (κ2) is 8.71. The van der Waals surface area contributed by atoms with Crippen LogP contribution in [-0.2, 0) is 9.53 Å². The highest BCUT2D eigenvalue weighted by molar-refractivity contribution is 5.83. The molecule has 1 aliphatic rings. The minimum atomic E-state index is -0.0672. The minimum Gasteiger partial charge on any atom is -0.383 e. The number of methoxy groups -OCH3 is 1. The molecule has 1 unspecified atom stereocenters. The number of ether oxygens (including phenoxy) is 1. The fourth-order valence-electron chi connectivity index (χ4n) is 2.93. The van der Waals surface area contributed by atoms with Crippen LogP contribution in [0.3, 0.4) is 0 Å². The molecule has 1 heterocycles. The number of nitrogens with one attached hydrogen (secondary N) is 1. The number of carbonyl (C=O) groups is 1. The fourth-order valence-corrected chi connectivity index (χ4v) is 2.93. The first-order chi connectivity index (χ1) is 9.88. The molecule has 1 aliphatic heterocycles. The molecular formula is C16H33N3O2. The molecule has 0 aromatic rings. The summed E-state index contributed by atoms with van der Waals surface area (Å²) in [6.07, 6.45) is 3.25. The number of piperidine rings is 1. The summed E-state index contributed by atoms with van der Waals surface area (Å²) in [5, 5.41) is 3.42. The molecule has 1 fully saturated rings. The van der Waals surface area contributed by atoms with Crippen LogP contribution in [0.5, 0.6) is 0 Å². The van der Waals surface area contributed by atoms with Crippen molar-refractivity contribution >= 4 is 5.91 Å². The summed E-state index contributed by atoms with van der Waals surface area (Å²) in [4.78, 5) is 17.0. The van der Waals surface area contributed by atoms with Crippen molar-refractivity contribution in [1.82, 2.24) is 15.1 Å². The van der Waals surface area contributed by atoms with Gasteiger partial charge in [-0.3, -0.25) is 4.79 Å². The van der Waals surface area contributed by atoms with E-state index in [9.17, 15) is 4.79 Å². The van der Waals surface area contributed by atoms with Gasteiger partial charge in [0.1, 0.15) is 0 Å². The Morgan fingerprint density at radius 3 is 2.57 bits per heavy atom. The van der Waals surface area contributed by atoms with Crippen LogP contribution in [0.2, 0.25) is 0 Å². The van der Waals surface area contributed by atoms with E-state index < -0.39 is 0 Å². The van der Waals surface area contributed by atoms with Crippen LogP contribution in [0.25, 0.3) is 0 Å². The van der Waals surface area contributed by atoms with E-state index in [0.717, 1.165) is 38.9 Å². The lowest BCUT2D eigenvalue weighted by Crippen LogP contribution is -2.57. The van der Waals surface area contributed by atoms with E-state index in [1.807, 2.05) is 4.90 Å². The summed E-state index contributed by atoms with van der Waals surface area (Å²) in [6, 6.07) is -0.0672. The molecule has 5 nitrogen and oxygen atoms in total. The smallest absolute Gasteiger partial charge is 0.240 e. The van der Waals surface area contributed by atoms with Gasteiger partial charge in [-0.2, -0.15) is 0 Å². The first-order valence-electron chi connectivity index (χ1n) is 8.04. The molecule has 0 aromatic heterocycles. The third-order valence-electron chi connectivity index (χ3n) is 4.29. The molecule has 124 valence electrons. The number of carbonyl (C=O) groups excluding carboxylic acids is 1. The predicted octanol–water partition coefficient (Wildman–Crippen LogP) is 1.19. The van der Waals surface area contributed by atoms with Gasteiger partial charge in [-0.05, 0) is 51.9 Å². The van der Waals surface area contributed by atoms with Crippen molar-refractivity contribution in [3.63, 3.8) is 0 Å². The van der Waals surface area contributed by atoms with Crippen molar-refractivity contribution < 1.29 is 9.53 Å². The number of hydrogen-bond acceptors (Lipinski definition) is 4. The van der Waals surface area contributed by atoms with Gasteiger partial charge in [-0.15, -0.1) is 0 Å². The van der Waals surface area contributed by atoms with E-state index in [0.29, 0.717) is 13.2 Å². The van der Waals surface area contributed by atoms with E-state index in [-0.39, 0.29) is 17.4 Å². The first-order valence-corrected chi connectivity index (χ1v) is 8.04. The van der Waals surface area contributed by atoms with Crippen LogP contribution in [0.1, 0.15) is 33.1 Å². The van der Waals surface area contributed by atoms with Gasteiger partial charge < -0.3 is 19.9 Å². The van der Waals surface area contributed by atoms with Crippen molar-refractivity contribution in [1.29, 1.82) is 0 Å².